The number of carbonyl (C=O) groups is 1. The van der Waals surface area contributed by atoms with E-state index < -0.39 is 0 Å². The van der Waals surface area contributed by atoms with E-state index in [9.17, 15) is 9.90 Å². The average molecular weight is 269 g/mol. The molecule has 1 amide bonds. The van der Waals surface area contributed by atoms with E-state index in [0.29, 0.717) is 12.1 Å². The van der Waals surface area contributed by atoms with Crippen molar-refractivity contribution in [2.45, 2.75) is 0 Å². The van der Waals surface area contributed by atoms with Crippen LogP contribution >= 0.6 is 0 Å². The molecule has 0 unspecified atom stereocenters. The topological polar surface area (TPSA) is 56.7 Å². The van der Waals surface area contributed by atoms with Crippen LogP contribution in [0, 0.1) is 0 Å². The molecule has 102 valence electrons. The maximum absolute atomic E-state index is 12.6. The zero-order valence-corrected chi connectivity index (χ0v) is 11.2. The van der Waals surface area contributed by atoms with Gasteiger partial charge in [-0.2, -0.15) is 0 Å². The molecule has 20 heavy (non-hydrogen) atoms. The van der Waals surface area contributed by atoms with Gasteiger partial charge in [-0.05, 0) is 18.2 Å². The normalized spacial score (nSPS) is 14.1. The molecule has 5 heteroatoms. The van der Waals surface area contributed by atoms with Crippen LogP contribution < -0.4 is 9.80 Å². The molecule has 3 rings (SSSR count). The van der Waals surface area contributed by atoms with Crippen molar-refractivity contribution in [2.24, 2.45) is 0 Å². The molecular formula is C15H15N3O2. The summed E-state index contributed by atoms with van der Waals surface area (Å²) in [4.78, 5) is 20.3. The van der Waals surface area contributed by atoms with Crippen molar-refractivity contribution in [3.8, 4) is 5.75 Å². The Morgan fingerprint density at radius 3 is 2.70 bits per heavy atom. The number of para-hydroxylation sites is 2. The number of likely N-dealkylation sites (N-methyl/N-ethyl adjacent to an activating group) is 1. The van der Waals surface area contributed by atoms with Gasteiger partial charge in [0.2, 0.25) is 0 Å². The number of amides is 1. The van der Waals surface area contributed by atoms with Crippen molar-refractivity contribution in [1.82, 2.24) is 4.98 Å². The van der Waals surface area contributed by atoms with Gasteiger partial charge < -0.3 is 14.9 Å². The van der Waals surface area contributed by atoms with Crippen LogP contribution in [0.4, 0.5) is 11.4 Å². The molecule has 1 N–H and O–H groups in total. The number of pyridine rings is 1. The number of aromatic hydroxyl groups is 1. The van der Waals surface area contributed by atoms with E-state index in [1.807, 2.05) is 31.3 Å². The molecule has 0 radical (unpaired) electrons. The minimum atomic E-state index is -0.144. The fourth-order valence-electron chi connectivity index (χ4n) is 2.42. The zero-order valence-electron chi connectivity index (χ0n) is 11.2. The summed E-state index contributed by atoms with van der Waals surface area (Å²) >= 11 is 0. The second-order valence-corrected chi connectivity index (χ2v) is 4.80. The third-order valence-electron chi connectivity index (χ3n) is 3.46. The van der Waals surface area contributed by atoms with E-state index in [1.54, 1.807) is 4.90 Å². The van der Waals surface area contributed by atoms with Gasteiger partial charge in [0.15, 0.2) is 0 Å². The smallest absolute Gasteiger partial charge is 0.260 e. The van der Waals surface area contributed by atoms with Crippen LogP contribution in [-0.2, 0) is 0 Å². The number of hydrogen-bond acceptors (Lipinski definition) is 4. The molecular weight excluding hydrogens is 254 g/mol. The third-order valence-corrected chi connectivity index (χ3v) is 3.46. The van der Waals surface area contributed by atoms with E-state index in [-0.39, 0.29) is 11.7 Å². The van der Waals surface area contributed by atoms with Gasteiger partial charge in [-0.3, -0.25) is 9.78 Å². The lowest BCUT2D eigenvalue weighted by atomic mass is 10.1. The molecule has 0 aliphatic carbocycles. The molecule has 0 atom stereocenters. The molecule has 2 heterocycles. The third kappa shape index (κ3) is 2.07. The van der Waals surface area contributed by atoms with Gasteiger partial charge in [-0.15, -0.1) is 0 Å². The summed E-state index contributed by atoms with van der Waals surface area (Å²) in [5, 5.41) is 9.46. The van der Waals surface area contributed by atoms with E-state index in [1.165, 1.54) is 18.5 Å². The van der Waals surface area contributed by atoms with Gasteiger partial charge in [-0.25, -0.2) is 0 Å². The lowest BCUT2D eigenvalue weighted by molar-refractivity contribution is 0.0986. The lowest BCUT2D eigenvalue weighted by Gasteiger charge is -2.35. The van der Waals surface area contributed by atoms with Gasteiger partial charge >= 0.3 is 0 Å². The minimum absolute atomic E-state index is 0.00161. The Bertz CT molecular complexity index is 657. The summed E-state index contributed by atoms with van der Waals surface area (Å²) in [6, 6.07) is 9.24. The number of benzene rings is 1. The number of rotatable bonds is 1. The monoisotopic (exact) mass is 269 g/mol. The van der Waals surface area contributed by atoms with Gasteiger partial charge in [0.05, 0.1) is 23.1 Å². The first-order valence-corrected chi connectivity index (χ1v) is 6.43. The molecule has 5 nitrogen and oxygen atoms in total. The largest absolute Gasteiger partial charge is 0.506 e. The van der Waals surface area contributed by atoms with E-state index in [0.717, 1.165) is 17.9 Å². The Morgan fingerprint density at radius 2 is 1.95 bits per heavy atom. The highest BCUT2D eigenvalue weighted by Gasteiger charge is 2.25. The van der Waals surface area contributed by atoms with E-state index in [2.05, 4.69) is 9.88 Å². The summed E-state index contributed by atoms with van der Waals surface area (Å²) in [6.45, 7) is 1.39. The highest BCUT2D eigenvalue weighted by Crippen LogP contribution is 2.32. The second kappa shape index (κ2) is 4.85. The molecule has 0 spiro atoms. The summed E-state index contributed by atoms with van der Waals surface area (Å²) in [5.41, 5.74) is 2.30. The zero-order chi connectivity index (χ0) is 14.1. The quantitative estimate of drug-likeness (QED) is 0.859. The fourth-order valence-corrected chi connectivity index (χ4v) is 2.42. The molecule has 1 aromatic carbocycles. The Balaban J connectivity index is 1.99. The van der Waals surface area contributed by atoms with Gasteiger partial charge in [0, 0.05) is 26.3 Å². The molecule has 0 saturated heterocycles. The number of hydrogen-bond donors (Lipinski definition) is 1. The number of nitrogens with zero attached hydrogens (tertiary/aromatic N) is 3. The summed E-state index contributed by atoms with van der Waals surface area (Å²) in [7, 11) is 2.01. The highest BCUT2D eigenvalue weighted by molar-refractivity contribution is 6.08. The van der Waals surface area contributed by atoms with Crippen LogP contribution in [-0.4, -0.2) is 36.1 Å². The molecule has 0 fully saturated rings. The predicted octanol–water partition coefficient (Wildman–Crippen LogP) is 1.88. The number of aromatic nitrogens is 1. The molecule has 1 aromatic heterocycles. The van der Waals surface area contributed by atoms with Crippen LogP contribution in [0.2, 0.25) is 0 Å². The average Bonchev–Trinajstić information content (AvgIpc) is 2.47. The van der Waals surface area contributed by atoms with Crippen molar-refractivity contribution < 1.29 is 9.90 Å². The fraction of sp³-hybridized carbons (Fsp3) is 0.200. The highest BCUT2D eigenvalue weighted by atomic mass is 16.3. The first kappa shape index (κ1) is 12.5. The Kier molecular flexibility index (Phi) is 3.02. The van der Waals surface area contributed by atoms with Crippen molar-refractivity contribution in [2.75, 3.05) is 29.9 Å². The van der Waals surface area contributed by atoms with Crippen LogP contribution in [0.25, 0.3) is 0 Å². The number of anilines is 2. The molecule has 1 aliphatic rings. The maximum atomic E-state index is 12.6. The first-order valence-electron chi connectivity index (χ1n) is 6.43. The second-order valence-electron chi connectivity index (χ2n) is 4.80. The van der Waals surface area contributed by atoms with Gasteiger partial charge in [-0.1, -0.05) is 12.1 Å². The molecule has 0 saturated carbocycles. The van der Waals surface area contributed by atoms with Crippen LogP contribution in [0.3, 0.4) is 0 Å². The van der Waals surface area contributed by atoms with Gasteiger partial charge in [0.1, 0.15) is 5.75 Å². The first-order chi connectivity index (χ1) is 9.66. The molecule has 0 bridgehead atoms. The summed E-state index contributed by atoms with van der Waals surface area (Å²) < 4.78 is 0. The summed E-state index contributed by atoms with van der Waals surface area (Å²) in [6.07, 6.45) is 2.79. The van der Waals surface area contributed by atoms with E-state index >= 15 is 0 Å². The maximum Gasteiger partial charge on any atom is 0.260 e. The standard InChI is InChI=1S/C15H15N3O2/c1-17-6-7-18(14-5-3-2-4-13(14)17)15(20)11-8-12(19)10-16-9-11/h2-5,8-10,19H,6-7H2,1H3. The molecule has 1 aliphatic heterocycles. The predicted molar refractivity (Wildman–Crippen MR) is 77.3 cm³/mol. The van der Waals surface area contributed by atoms with Crippen molar-refractivity contribution in [1.29, 1.82) is 0 Å². The van der Waals surface area contributed by atoms with Crippen LogP contribution in [0.1, 0.15) is 10.4 Å². The Hall–Kier alpha value is -2.56. The summed E-state index contributed by atoms with van der Waals surface area (Å²) in [5.74, 6) is -0.146. The molecule has 2 aromatic rings. The van der Waals surface area contributed by atoms with Gasteiger partial charge in [0.25, 0.3) is 5.91 Å². The van der Waals surface area contributed by atoms with Crippen LogP contribution in [0.5, 0.6) is 5.75 Å². The Morgan fingerprint density at radius 1 is 1.20 bits per heavy atom. The van der Waals surface area contributed by atoms with Crippen molar-refractivity contribution in [3.05, 3.63) is 48.3 Å². The van der Waals surface area contributed by atoms with Crippen LogP contribution in [0.15, 0.2) is 42.7 Å². The number of carbonyl (C=O) groups excluding carboxylic acids is 1. The lowest BCUT2D eigenvalue weighted by Crippen LogP contribution is -2.42. The van der Waals surface area contributed by atoms with Crippen molar-refractivity contribution in [3.63, 3.8) is 0 Å². The van der Waals surface area contributed by atoms with E-state index in [4.69, 9.17) is 0 Å². The SMILES string of the molecule is CN1CCN(C(=O)c2cncc(O)c2)c2ccccc21. The Labute approximate surface area is 117 Å². The van der Waals surface area contributed by atoms with Crippen molar-refractivity contribution >= 4 is 17.3 Å². The number of fused-ring (bicyclic) bond motifs is 1. The minimum Gasteiger partial charge on any atom is -0.506 e.